The van der Waals surface area contributed by atoms with Gasteiger partial charge in [-0.15, -0.1) is 0 Å². The maximum absolute atomic E-state index is 13.6. The fourth-order valence-electron chi connectivity index (χ4n) is 1.59. The van der Waals surface area contributed by atoms with Crippen molar-refractivity contribution in [3.63, 3.8) is 0 Å². The van der Waals surface area contributed by atoms with Crippen LogP contribution in [0, 0.1) is 5.82 Å². The number of anilines is 2. The van der Waals surface area contributed by atoms with Crippen LogP contribution in [0.15, 0.2) is 18.2 Å². The summed E-state index contributed by atoms with van der Waals surface area (Å²) >= 11 is 0. The number of nitrogens with zero attached hydrogens (tertiary/aromatic N) is 4. The normalized spacial score (nSPS) is 11.5. The maximum atomic E-state index is 13.6. The first-order valence-corrected chi connectivity index (χ1v) is 5.74. The average Bonchev–Trinajstić information content (AvgIpc) is 2.36. The van der Waals surface area contributed by atoms with E-state index in [2.05, 4.69) is 15.0 Å². The molecule has 1 aromatic carbocycles. The minimum atomic E-state index is -4.75. The molecule has 0 unspecified atom stereocenters. The van der Waals surface area contributed by atoms with Crippen LogP contribution < -0.4 is 10.6 Å². The quantitative estimate of drug-likeness (QED) is 0.862. The predicted octanol–water partition coefficient (Wildman–Crippen LogP) is 2.34. The lowest BCUT2D eigenvalue weighted by atomic mass is 10.1. The van der Waals surface area contributed by atoms with Gasteiger partial charge in [0.25, 0.3) is 0 Å². The summed E-state index contributed by atoms with van der Waals surface area (Å²) in [5, 5.41) is 0. The summed E-state index contributed by atoms with van der Waals surface area (Å²) in [4.78, 5) is 13.2. The molecule has 0 aliphatic rings. The van der Waals surface area contributed by atoms with Crippen LogP contribution in [0.25, 0.3) is 11.4 Å². The third-order valence-corrected chi connectivity index (χ3v) is 2.57. The lowest BCUT2D eigenvalue weighted by Gasteiger charge is -2.12. The van der Waals surface area contributed by atoms with Gasteiger partial charge in [-0.25, -0.2) is 4.39 Å². The van der Waals surface area contributed by atoms with Gasteiger partial charge >= 0.3 is 6.18 Å². The highest BCUT2D eigenvalue weighted by molar-refractivity contribution is 5.58. The van der Waals surface area contributed by atoms with Gasteiger partial charge in [0.1, 0.15) is 5.82 Å². The van der Waals surface area contributed by atoms with Crippen molar-refractivity contribution in [2.75, 3.05) is 24.7 Å². The van der Waals surface area contributed by atoms with Crippen molar-refractivity contribution in [2.45, 2.75) is 6.18 Å². The largest absolute Gasteiger partial charge is 0.419 e. The summed E-state index contributed by atoms with van der Waals surface area (Å²) in [5.74, 6) is -1.29. The van der Waals surface area contributed by atoms with Gasteiger partial charge in [-0.1, -0.05) is 6.07 Å². The number of hydrogen-bond acceptors (Lipinski definition) is 5. The summed E-state index contributed by atoms with van der Waals surface area (Å²) in [6.45, 7) is 0. The number of rotatable bonds is 2. The lowest BCUT2D eigenvalue weighted by molar-refractivity contribution is -0.139. The molecule has 0 spiro atoms. The van der Waals surface area contributed by atoms with Crippen LogP contribution in [0.1, 0.15) is 5.56 Å². The Morgan fingerprint density at radius 1 is 1.10 bits per heavy atom. The number of aromatic nitrogens is 3. The van der Waals surface area contributed by atoms with Crippen molar-refractivity contribution >= 4 is 11.9 Å². The third kappa shape index (κ3) is 3.18. The lowest BCUT2D eigenvalue weighted by Crippen LogP contribution is -2.15. The molecule has 0 saturated heterocycles. The summed E-state index contributed by atoms with van der Waals surface area (Å²) < 4.78 is 51.1. The predicted molar refractivity (Wildman–Crippen MR) is 69.0 cm³/mol. The van der Waals surface area contributed by atoms with Crippen LogP contribution in [0.2, 0.25) is 0 Å². The average molecular weight is 301 g/mol. The molecule has 5 nitrogen and oxygen atoms in total. The van der Waals surface area contributed by atoms with Crippen LogP contribution >= 0.6 is 0 Å². The van der Waals surface area contributed by atoms with E-state index in [9.17, 15) is 17.6 Å². The van der Waals surface area contributed by atoms with E-state index in [0.29, 0.717) is 6.07 Å². The minimum Gasteiger partial charge on any atom is -0.368 e. The second-order valence-electron chi connectivity index (χ2n) is 4.40. The number of benzene rings is 1. The molecule has 1 aromatic heterocycles. The van der Waals surface area contributed by atoms with E-state index in [1.165, 1.54) is 0 Å². The Morgan fingerprint density at radius 3 is 2.29 bits per heavy atom. The minimum absolute atomic E-state index is 0.00109. The van der Waals surface area contributed by atoms with E-state index in [0.717, 1.165) is 12.1 Å². The third-order valence-electron chi connectivity index (χ3n) is 2.57. The van der Waals surface area contributed by atoms with Gasteiger partial charge in [-0.2, -0.15) is 28.1 Å². The first-order valence-electron chi connectivity index (χ1n) is 5.74. The molecule has 0 aliphatic carbocycles. The monoisotopic (exact) mass is 301 g/mol. The number of nitrogens with two attached hydrogens (primary N) is 1. The standard InChI is InChI=1S/C12H11F4N5/c1-21(2)11-19-9(18-10(17)20-11)6-3-4-7(8(13)5-6)12(14,15)16/h3-5H,1-2H3,(H2,17,18,19,20). The molecule has 9 heteroatoms. The fourth-order valence-corrected chi connectivity index (χ4v) is 1.59. The molecule has 112 valence electrons. The number of hydrogen-bond donors (Lipinski definition) is 1. The van der Waals surface area contributed by atoms with E-state index in [1.807, 2.05) is 0 Å². The molecule has 0 fully saturated rings. The van der Waals surface area contributed by atoms with Crippen molar-refractivity contribution in [2.24, 2.45) is 0 Å². The summed E-state index contributed by atoms with van der Waals surface area (Å²) in [5.41, 5.74) is 4.24. The summed E-state index contributed by atoms with van der Waals surface area (Å²) in [6, 6.07) is 2.44. The highest BCUT2D eigenvalue weighted by Crippen LogP contribution is 2.33. The van der Waals surface area contributed by atoms with E-state index in [-0.39, 0.29) is 23.3 Å². The van der Waals surface area contributed by atoms with E-state index in [1.54, 1.807) is 19.0 Å². The van der Waals surface area contributed by atoms with Crippen molar-refractivity contribution in [1.29, 1.82) is 0 Å². The van der Waals surface area contributed by atoms with Gasteiger partial charge in [-0.05, 0) is 12.1 Å². The van der Waals surface area contributed by atoms with E-state index < -0.39 is 17.6 Å². The molecule has 0 amide bonds. The summed E-state index contributed by atoms with van der Waals surface area (Å²) in [6.07, 6.45) is -4.75. The van der Waals surface area contributed by atoms with Crippen LogP contribution in [0.5, 0.6) is 0 Å². The Kier molecular flexibility index (Phi) is 3.67. The van der Waals surface area contributed by atoms with Gasteiger partial charge in [0.2, 0.25) is 11.9 Å². The van der Waals surface area contributed by atoms with Gasteiger partial charge in [-0.3, -0.25) is 0 Å². The van der Waals surface area contributed by atoms with Gasteiger partial charge in [0.05, 0.1) is 5.56 Å². The summed E-state index contributed by atoms with van der Waals surface area (Å²) in [7, 11) is 3.32. The van der Waals surface area contributed by atoms with Gasteiger partial charge < -0.3 is 10.6 Å². The Balaban J connectivity index is 2.51. The smallest absolute Gasteiger partial charge is 0.368 e. The SMILES string of the molecule is CN(C)c1nc(N)nc(-c2ccc(C(F)(F)F)c(F)c2)n1. The molecule has 21 heavy (non-hydrogen) atoms. The van der Waals surface area contributed by atoms with Crippen molar-refractivity contribution in [3.8, 4) is 11.4 Å². The number of alkyl halides is 3. The molecule has 0 bridgehead atoms. The zero-order valence-electron chi connectivity index (χ0n) is 11.1. The van der Waals surface area contributed by atoms with Crippen molar-refractivity contribution in [1.82, 2.24) is 15.0 Å². The highest BCUT2D eigenvalue weighted by atomic mass is 19.4. The molecule has 0 saturated carbocycles. The second kappa shape index (κ2) is 5.15. The molecule has 2 rings (SSSR count). The molecule has 0 aliphatic heterocycles. The van der Waals surface area contributed by atoms with Crippen molar-refractivity contribution < 1.29 is 17.6 Å². The van der Waals surface area contributed by atoms with E-state index >= 15 is 0 Å². The van der Waals surface area contributed by atoms with E-state index in [4.69, 9.17) is 5.73 Å². The van der Waals surface area contributed by atoms with Gasteiger partial charge in [0, 0.05) is 19.7 Å². The molecule has 0 atom stereocenters. The van der Waals surface area contributed by atoms with Crippen molar-refractivity contribution in [3.05, 3.63) is 29.6 Å². The van der Waals surface area contributed by atoms with Crippen LogP contribution in [-0.2, 0) is 6.18 Å². The second-order valence-corrected chi connectivity index (χ2v) is 4.40. The molecular formula is C12H11F4N5. The Bertz CT molecular complexity index is 669. The van der Waals surface area contributed by atoms with Crippen LogP contribution in [0.3, 0.4) is 0 Å². The Hall–Kier alpha value is -2.45. The molecule has 2 N–H and O–H groups in total. The first-order chi connectivity index (χ1) is 9.68. The highest BCUT2D eigenvalue weighted by Gasteiger charge is 2.34. The van der Waals surface area contributed by atoms with Crippen LogP contribution in [0.4, 0.5) is 29.5 Å². The zero-order chi connectivity index (χ0) is 15.8. The number of halogens is 4. The van der Waals surface area contributed by atoms with Gasteiger partial charge in [0.15, 0.2) is 5.82 Å². The molecule has 0 radical (unpaired) electrons. The fraction of sp³-hybridized carbons (Fsp3) is 0.250. The Morgan fingerprint density at radius 2 is 1.76 bits per heavy atom. The number of nitrogen functional groups attached to an aromatic ring is 1. The molecule has 2 aromatic rings. The molecule has 1 heterocycles. The first kappa shape index (κ1) is 14.9. The Labute approximate surface area is 117 Å². The topological polar surface area (TPSA) is 67.9 Å². The van der Waals surface area contributed by atoms with Crippen LogP contribution in [-0.4, -0.2) is 29.0 Å². The molecular weight excluding hydrogens is 290 g/mol. The maximum Gasteiger partial charge on any atom is 0.419 e. The zero-order valence-corrected chi connectivity index (χ0v) is 11.1.